The van der Waals surface area contributed by atoms with Gasteiger partial charge in [0.1, 0.15) is 18.2 Å². The average molecular weight is 491 g/mol. The number of ketones is 1. The number of nitrogens with one attached hydrogen (secondary N) is 2. The Morgan fingerprint density at radius 3 is 2.72 bits per heavy atom. The summed E-state index contributed by atoms with van der Waals surface area (Å²) in [6, 6.07) is 8.29. The van der Waals surface area contributed by atoms with Crippen LogP contribution in [-0.4, -0.2) is 40.3 Å². The second kappa shape index (κ2) is 9.90. The number of halogens is 1. The molecule has 1 unspecified atom stereocenters. The number of primary amides is 1. The van der Waals surface area contributed by atoms with Crippen LogP contribution in [0.2, 0.25) is 0 Å². The molecule has 10 heteroatoms. The van der Waals surface area contributed by atoms with Gasteiger partial charge in [-0.25, -0.2) is 9.37 Å². The molecule has 0 bridgehead atoms. The fraction of sp³-hybridized carbons (Fsp3) is 0.308. The molecule has 2 aliphatic rings. The highest BCUT2D eigenvalue weighted by Gasteiger charge is 2.25. The fourth-order valence-electron chi connectivity index (χ4n) is 4.65. The van der Waals surface area contributed by atoms with Crippen LogP contribution in [0.25, 0.3) is 11.1 Å². The van der Waals surface area contributed by atoms with Gasteiger partial charge in [0.05, 0.1) is 17.4 Å². The van der Waals surface area contributed by atoms with Crippen molar-refractivity contribution in [1.82, 2.24) is 9.97 Å². The topological polar surface area (TPSA) is 145 Å². The molecule has 186 valence electrons. The number of carbonyl (C=O) groups excluding carboxylic acids is 2. The quantitative estimate of drug-likeness (QED) is 0.412. The third-order valence-electron chi connectivity index (χ3n) is 6.55. The Balaban J connectivity index is 1.43. The van der Waals surface area contributed by atoms with Crippen LogP contribution >= 0.6 is 0 Å². The third-order valence-corrected chi connectivity index (χ3v) is 6.55. The van der Waals surface area contributed by atoms with Gasteiger partial charge >= 0.3 is 0 Å². The lowest BCUT2D eigenvalue weighted by molar-refractivity contribution is -0.121. The molecule has 1 aliphatic heterocycles. The van der Waals surface area contributed by atoms with Crippen molar-refractivity contribution in [1.29, 1.82) is 0 Å². The van der Waals surface area contributed by atoms with E-state index < -0.39 is 11.7 Å². The van der Waals surface area contributed by atoms with Crippen LogP contribution in [0.5, 0.6) is 5.75 Å². The molecule has 1 saturated carbocycles. The van der Waals surface area contributed by atoms with E-state index in [0.29, 0.717) is 17.9 Å². The van der Waals surface area contributed by atoms with E-state index in [9.17, 15) is 14.0 Å². The first kappa shape index (κ1) is 23.7. The molecule has 36 heavy (non-hydrogen) atoms. The van der Waals surface area contributed by atoms with E-state index >= 15 is 0 Å². The predicted molar refractivity (Wildman–Crippen MR) is 134 cm³/mol. The predicted octanol–water partition coefficient (Wildman–Crippen LogP) is 3.31. The molecule has 2 aromatic heterocycles. The standard InChI is InChI=1S/C26H27FN6O3/c27-20-10-19(24(29)35)25(33-26(20)32-22-4-2-1-3-21(22)28)31-17-8-16(11-30-12-17)14-5-6-23-15(7-14)9-18(34)13-36-23/h5-8,10-12,21-22H,1-4,9,13,28H2,(H2,29,35)(H2,31,32,33)/t21-,22?/m0/s1. The minimum atomic E-state index is -0.812. The van der Waals surface area contributed by atoms with Gasteiger partial charge in [-0.2, -0.15) is 0 Å². The molecule has 5 rings (SSSR count). The van der Waals surface area contributed by atoms with E-state index in [1.165, 1.54) is 0 Å². The van der Waals surface area contributed by atoms with Gasteiger partial charge in [0.15, 0.2) is 17.4 Å². The fourth-order valence-corrected chi connectivity index (χ4v) is 4.65. The molecular weight excluding hydrogens is 463 g/mol. The number of aromatic nitrogens is 2. The molecule has 1 fully saturated rings. The van der Waals surface area contributed by atoms with E-state index in [1.807, 2.05) is 24.3 Å². The van der Waals surface area contributed by atoms with E-state index in [-0.39, 0.29) is 41.7 Å². The molecular formula is C26H27FN6O3. The number of carbonyl (C=O) groups is 2. The number of fused-ring (bicyclic) bond motifs is 1. The summed E-state index contributed by atoms with van der Waals surface area (Å²) in [7, 11) is 0. The monoisotopic (exact) mass is 490 g/mol. The summed E-state index contributed by atoms with van der Waals surface area (Å²) in [5, 5.41) is 6.16. The number of nitrogens with zero attached hydrogens (tertiary/aromatic N) is 2. The van der Waals surface area contributed by atoms with Crippen molar-refractivity contribution in [2.45, 2.75) is 44.2 Å². The van der Waals surface area contributed by atoms with Gasteiger partial charge in [-0.3, -0.25) is 14.6 Å². The highest BCUT2D eigenvalue weighted by Crippen LogP contribution is 2.31. The van der Waals surface area contributed by atoms with Crippen LogP contribution in [0.15, 0.2) is 42.7 Å². The summed E-state index contributed by atoms with van der Waals surface area (Å²) in [6.45, 7) is 0.0870. The van der Waals surface area contributed by atoms with Gasteiger partial charge in [0.25, 0.3) is 5.91 Å². The minimum Gasteiger partial charge on any atom is -0.486 e. The molecule has 1 aromatic carbocycles. The number of amides is 1. The van der Waals surface area contributed by atoms with Crippen molar-refractivity contribution < 1.29 is 18.7 Å². The number of hydrogen-bond donors (Lipinski definition) is 4. The van der Waals surface area contributed by atoms with Crippen molar-refractivity contribution in [3.05, 3.63) is 59.7 Å². The first-order valence-corrected chi connectivity index (χ1v) is 11.9. The summed E-state index contributed by atoms with van der Waals surface area (Å²) in [5.41, 5.74) is 14.6. The van der Waals surface area contributed by atoms with Crippen LogP contribution in [0.3, 0.4) is 0 Å². The van der Waals surface area contributed by atoms with Crippen molar-refractivity contribution >= 4 is 29.0 Å². The number of ether oxygens (including phenoxy) is 1. The Hall–Kier alpha value is -4.05. The van der Waals surface area contributed by atoms with Gasteiger partial charge in [-0.1, -0.05) is 18.9 Å². The van der Waals surface area contributed by atoms with Gasteiger partial charge in [-0.15, -0.1) is 0 Å². The zero-order chi connectivity index (χ0) is 25.2. The third kappa shape index (κ3) is 4.99. The van der Waals surface area contributed by atoms with Crippen LogP contribution in [-0.2, 0) is 11.2 Å². The highest BCUT2D eigenvalue weighted by atomic mass is 19.1. The van der Waals surface area contributed by atoms with Gasteiger partial charge in [-0.05, 0) is 42.7 Å². The second-order valence-electron chi connectivity index (χ2n) is 9.19. The maximum atomic E-state index is 14.8. The van der Waals surface area contributed by atoms with E-state index in [0.717, 1.165) is 48.4 Å². The first-order valence-electron chi connectivity index (χ1n) is 11.9. The molecule has 1 aliphatic carbocycles. The van der Waals surface area contributed by atoms with Crippen molar-refractivity contribution in [3.63, 3.8) is 0 Å². The molecule has 6 N–H and O–H groups in total. The van der Waals surface area contributed by atoms with Gasteiger partial charge < -0.3 is 26.8 Å². The van der Waals surface area contributed by atoms with Gasteiger partial charge in [0.2, 0.25) is 0 Å². The molecule has 0 radical (unpaired) electrons. The number of rotatable bonds is 6. The smallest absolute Gasteiger partial charge is 0.252 e. The SMILES string of the molecule is NC(=O)c1cc(F)c(NC2CCCC[C@@H]2N)nc1Nc1cncc(-c2ccc3c(c2)CC(=O)CO3)c1. The largest absolute Gasteiger partial charge is 0.486 e. The number of nitrogens with two attached hydrogens (primary N) is 2. The number of pyridine rings is 2. The molecule has 3 aromatic rings. The lowest BCUT2D eigenvalue weighted by Crippen LogP contribution is -2.43. The summed E-state index contributed by atoms with van der Waals surface area (Å²) in [6.07, 6.45) is 7.27. The van der Waals surface area contributed by atoms with Crippen molar-refractivity contribution in [3.8, 4) is 16.9 Å². The highest BCUT2D eigenvalue weighted by molar-refractivity contribution is 5.98. The average Bonchev–Trinajstić information content (AvgIpc) is 2.86. The molecule has 3 heterocycles. The summed E-state index contributed by atoms with van der Waals surface area (Å²) in [4.78, 5) is 32.5. The van der Waals surface area contributed by atoms with Crippen molar-refractivity contribution in [2.24, 2.45) is 11.5 Å². The normalized spacial score (nSPS) is 19.2. The van der Waals surface area contributed by atoms with Crippen LogP contribution in [0.4, 0.5) is 21.7 Å². The maximum absolute atomic E-state index is 14.8. The molecule has 2 atom stereocenters. The molecule has 0 spiro atoms. The number of Topliss-reactive ketones (excluding diaryl/α,β-unsaturated/α-hetero) is 1. The maximum Gasteiger partial charge on any atom is 0.252 e. The zero-order valence-electron chi connectivity index (χ0n) is 19.6. The number of benzene rings is 1. The molecule has 1 amide bonds. The Labute approximate surface area is 207 Å². The first-order chi connectivity index (χ1) is 17.4. The summed E-state index contributed by atoms with van der Waals surface area (Å²) >= 11 is 0. The summed E-state index contributed by atoms with van der Waals surface area (Å²) in [5.74, 6) is -0.654. The van der Waals surface area contributed by atoms with E-state index in [1.54, 1.807) is 12.4 Å². The van der Waals surface area contributed by atoms with Crippen molar-refractivity contribution in [2.75, 3.05) is 17.2 Å². The minimum absolute atomic E-state index is 0.00770. The molecule has 9 nitrogen and oxygen atoms in total. The van der Waals surface area contributed by atoms with Crippen LogP contribution in [0, 0.1) is 5.82 Å². The van der Waals surface area contributed by atoms with Crippen LogP contribution < -0.4 is 26.8 Å². The number of anilines is 3. The summed E-state index contributed by atoms with van der Waals surface area (Å²) < 4.78 is 20.3. The molecule has 0 saturated heterocycles. The second-order valence-corrected chi connectivity index (χ2v) is 9.19. The zero-order valence-corrected chi connectivity index (χ0v) is 19.6. The number of hydrogen-bond acceptors (Lipinski definition) is 8. The Morgan fingerprint density at radius 2 is 1.92 bits per heavy atom. The van der Waals surface area contributed by atoms with E-state index in [2.05, 4.69) is 20.6 Å². The van der Waals surface area contributed by atoms with Crippen LogP contribution in [0.1, 0.15) is 41.6 Å². The lowest BCUT2D eigenvalue weighted by atomic mass is 9.91. The Bertz CT molecular complexity index is 1330. The Kier molecular flexibility index (Phi) is 6.51. The van der Waals surface area contributed by atoms with E-state index in [4.69, 9.17) is 16.2 Å². The lowest BCUT2D eigenvalue weighted by Gasteiger charge is -2.30. The Morgan fingerprint density at radius 1 is 1.08 bits per heavy atom. The van der Waals surface area contributed by atoms with Gasteiger partial charge in [0, 0.05) is 35.8 Å².